The van der Waals surface area contributed by atoms with E-state index in [1.807, 2.05) is 0 Å². The second-order valence-corrected chi connectivity index (χ2v) is 9.38. The average Bonchev–Trinajstić information content (AvgIpc) is 2.81. The zero-order valence-electron chi connectivity index (χ0n) is 14.6. The van der Waals surface area contributed by atoms with Gasteiger partial charge in [0, 0.05) is 11.8 Å². The quantitative estimate of drug-likeness (QED) is 0.724. The summed E-state index contributed by atoms with van der Waals surface area (Å²) in [5.74, 6) is 2.28. The summed E-state index contributed by atoms with van der Waals surface area (Å²) >= 11 is 0. The SMILES string of the molecule is C[C@]12CC[C@@H](O)C=C1C=C[C@@H]1[C@H]3CC[C@@]4(CCO4)[C@@]3(C)CC[C@@H]12. The van der Waals surface area contributed by atoms with Crippen LogP contribution >= 0.6 is 0 Å². The van der Waals surface area contributed by atoms with Crippen molar-refractivity contribution in [3.63, 3.8) is 0 Å². The topological polar surface area (TPSA) is 29.5 Å². The van der Waals surface area contributed by atoms with Crippen molar-refractivity contribution in [1.82, 2.24) is 0 Å². The minimum atomic E-state index is -0.230. The monoisotopic (exact) mass is 314 g/mol. The van der Waals surface area contributed by atoms with Crippen molar-refractivity contribution in [2.45, 2.75) is 70.5 Å². The first-order chi connectivity index (χ1) is 11.0. The summed E-state index contributed by atoms with van der Waals surface area (Å²) in [5, 5.41) is 10.0. The molecule has 0 bridgehead atoms. The van der Waals surface area contributed by atoms with Gasteiger partial charge in [0.1, 0.15) is 0 Å². The number of allylic oxidation sites excluding steroid dienone is 3. The smallest absolute Gasteiger partial charge is 0.0760 e. The summed E-state index contributed by atoms with van der Waals surface area (Å²) in [6.07, 6.45) is 15.4. The number of fused-ring (bicyclic) bond motifs is 6. The van der Waals surface area contributed by atoms with Crippen molar-refractivity contribution in [2.24, 2.45) is 28.6 Å². The number of aliphatic hydroxyl groups excluding tert-OH is 1. The Morgan fingerprint density at radius 1 is 1.04 bits per heavy atom. The van der Waals surface area contributed by atoms with Gasteiger partial charge in [0.25, 0.3) is 0 Å². The van der Waals surface area contributed by atoms with E-state index in [1.54, 1.807) is 0 Å². The summed E-state index contributed by atoms with van der Waals surface area (Å²) in [6.45, 7) is 5.99. The molecule has 3 fully saturated rings. The first kappa shape index (κ1) is 14.7. The summed E-state index contributed by atoms with van der Waals surface area (Å²) in [4.78, 5) is 0. The molecule has 0 aromatic rings. The van der Waals surface area contributed by atoms with Crippen LogP contribution in [0.2, 0.25) is 0 Å². The molecule has 1 N–H and O–H groups in total. The van der Waals surface area contributed by atoms with Crippen molar-refractivity contribution in [3.8, 4) is 0 Å². The van der Waals surface area contributed by atoms with E-state index in [2.05, 4.69) is 32.1 Å². The van der Waals surface area contributed by atoms with Crippen LogP contribution in [0.3, 0.4) is 0 Å². The highest BCUT2D eigenvalue weighted by Gasteiger charge is 2.66. The third kappa shape index (κ3) is 1.67. The predicted molar refractivity (Wildman–Crippen MR) is 90.9 cm³/mol. The molecule has 0 aromatic heterocycles. The molecule has 2 saturated carbocycles. The maximum Gasteiger partial charge on any atom is 0.0760 e. The molecule has 7 atom stereocenters. The van der Waals surface area contributed by atoms with Gasteiger partial charge >= 0.3 is 0 Å². The summed E-state index contributed by atoms with van der Waals surface area (Å²) < 4.78 is 6.21. The average molecular weight is 314 g/mol. The number of rotatable bonds is 0. The van der Waals surface area contributed by atoms with Crippen molar-refractivity contribution in [1.29, 1.82) is 0 Å². The molecule has 23 heavy (non-hydrogen) atoms. The van der Waals surface area contributed by atoms with Crippen LogP contribution in [0.4, 0.5) is 0 Å². The molecule has 0 radical (unpaired) electrons. The van der Waals surface area contributed by atoms with Gasteiger partial charge < -0.3 is 9.84 Å². The Hall–Kier alpha value is -0.600. The second-order valence-electron chi connectivity index (χ2n) is 9.38. The van der Waals surface area contributed by atoms with Crippen LogP contribution in [-0.4, -0.2) is 23.4 Å². The standard InChI is InChI=1S/C21H30O2/c1-19-8-5-15(22)13-14(19)3-4-16-17(19)6-9-20(2)18(16)7-10-21(20)11-12-23-21/h3-4,13,15-18,22H,5-12H2,1-2H3/t15-,16+,17+,18-,19+,20+,21-/m1/s1. The van der Waals surface area contributed by atoms with Crippen LogP contribution in [0, 0.1) is 28.6 Å². The highest BCUT2D eigenvalue weighted by molar-refractivity contribution is 5.36. The Balaban J connectivity index is 1.54. The zero-order valence-corrected chi connectivity index (χ0v) is 14.6. The Morgan fingerprint density at radius 3 is 2.57 bits per heavy atom. The molecule has 5 rings (SSSR count). The maximum atomic E-state index is 10.0. The molecule has 5 aliphatic rings. The zero-order chi connectivity index (χ0) is 15.9. The van der Waals surface area contributed by atoms with E-state index in [1.165, 1.54) is 37.7 Å². The van der Waals surface area contributed by atoms with E-state index in [0.29, 0.717) is 5.41 Å². The Bertz CT molecular complexity index is 587. The summed E-state index contributed by atoms with van der Waals surface area (Å²) in [6, 6.07) is 0. The Kier molecular flexibility index (Phi) is 2.89. The summed E-state index contributed by atoms with van der Waals surface area (Å²) in [7, 11) is 0. The minimum Gasteiger partial charge on any atom is -0.389 e. The lowest BCUT2D eigenvalue weighted by atomic mass is 9.47. The van der Waals surface area contributed by atoms with Gasteiger partial charge in [-0.1, -0.05) is 32.1 Å². The molecule has 2 heteroatoms. The number of hydrogen-bond donors (Lipinski definition) is 1. The Morgan fingerprint density at radius 2 is 1.83 bits per heavy atom. The normalized spacial score (nSPS) is 57.3. The molecule has 4 aliphatic carbocycles. The molecule has 1 spiro atoms. The van der Waals surface area contributed by atoms with E-state index in [9.17, 15) is 5.11 Å². The van der Waals surface area contributed by atoms with E-state index in [-0.39, 0.29) is 17.1 Å². The second kappa shape index (κ2) is 4.52. The van der Waals surface area contributed by atoms with Crippen LogP contribution in [0.1, 0.15) is 58.8 Å². The maximum absolute atomic E-state index is 10.0. The number of aliphatic hydroxyl groups is 1. The van der Waals surface area contributed by atoms with Gasteiger partial charge in [-0.05, 0) is 67.3 Å². The van der Waals surface area contributed by atoms with Crippen molar-refractivity contribution < 1.29 is 9.84 Å². The van der Waals surface area contributed by atoms with E-state index in [4.69, 9.17) is 4.74 Å². The largest absolute Gasteiger partial charge is 0.389 e. The van der Waals surface area contributed by atoms with Gasteiger partial charge in [0.15, 0.2) is 0 Å². The molecule has 1 saturated heterocycles. The molecule has 0 unspecified atom stereocenters. The molecule has 0 aromatic carbocycles. The van der Waals surface area contributed by atoms with Crippen LogP contribution < -0.4 is 0 Å². The van der Waals surface area contributed by atoms with Crippen molar-refractivity contribution in [2.75, 3.05) is 6.61 Å². The van der Waals surface area contributed by atoms with Gasteiger partial charge in [0.2, 0.25) is 0 Å². The predicted octanol–water partition coefficient (Wildman–Crippen LogP) is 4.25. The van der Waals surface area contributed by atoms with Gasteiger partial charge in [0.05, 0.1) is 18.3 Å². The number of ether oxygens (including phenoxy) is 1. The van der Waals surface area contributed by atoms with Crippen LogP contribution in [0.5, 0.6) is 0 Å². The molecule has 1 aliphatic heterocycles. The van der Waals surface area contributed by atoms with Gasteiger partial charge in [-0.3, -0.25) is 0 Å². The van der Waals surface area contributed by atoms with Gasteiger partial charge in [-0.25, -0.2) is 0 Å². The minimum absolute atomic E-state index is 0.219. The lowest BCUT2D eigenvalue weighted by molar-refractivity contribution is -0.223. The number of hydrogen-bond acceptors (Lipinski definition) is 2. The third-order valence-corrected chi connectivity index (χ3v) is 8.81. The highest BCUT2D eigenvalue weighted by atomic mass is 16.5. The van der Waals surface area contributed by atoms with Crippen molar-refractivity contribution in [3.05, 3.63) is 23.8 Å². The molecular formula is C21H30O2. The molecule has 0 amide bonds. The van der Waals surface area contributed by atoms with Crippen LogP contribution in [-0.2, 0) is 4.74 Å². The van der Waals surface area contributed by atoms with E-state index >= 15 is 0 Å². The third-order valence-electron chi connectivity index (χ3n) is 8.81. The summed E-state index contributed by atoms with van der Waals surface area (Å²) in [5.41, 5.74) is 2.31. The lowest BCUT2D eigenvalue weighted by Crippen LogP contribution is -2.58. The van der Waals surface area contributed by atoms with Gasteiger partial charge in [-0.15, -0.1) is 0 Å². The van der Waals surface area contributed by atoms with Crippen molar-refractivity contribution >= 4 is 0 Å². The van der Waals surface area contributed by atoms with Crippen LogP contribution in [0.15, 0.2) is 23.8 Å². The molecule has 126 valence electrons. The van der Waals surface area contributed by atoms with E-state index in [0.717, 1.165) is 37.2 Å². The first-order valence-electron chi connectivity index (χ1n) is 9.71. The highest BCUT2D eigenvalue weighted by Crippen LogP contribution is 2.69. The molecular weight excluding hydrogens is 284 g/mol. The van der Waals surface area contributed by atoms with Crippen LogP contribution in [0.25, 0.3) is 0 Å². The first-order valence-corrected chi connectivity index (χ1v) is 9.71. The fraction of sp³-hybridized carbons (Fsp3) is 0.810. The van der Waals surface area contributed by atoms with Gasteiger partial charge in [-0.2, -0.15) is 0 Å². The Labute approximate surface area is 140 Å². The lowest BCUT2D eigenvalue weighted by Gasteiger charge is -2.60. The fourth-order valence-electron chi connectivity index (χ4n) is 7.23. The molecule has 1 heterocycles. The fourth-order valence-corrected chi connectivity index (χ4v) is 7.23. The molecule has 2 nitrogen and oxygen atoms in total. The van der Waals surface area contributed by atoms with E-state index < -0.39 is 0 Å².